The van der Waals surface area contributed by atoms with Gasteiger partial charge in [-0.3, -0.25) is 4.72 Å². The highest BCUT2D eigenvalue weighted by Gasteiger charge is 2.15. The number of rotatable bonds is 5. The van der Waals surface area contributed by atoms with E-state index >= 15 is 0 Å². The number of nitrogens with zero attached hydrogens (tertiary/aromatic N) is 3. The minimum Gasteiger partial charge on any atom is -0.355 e. The molecule has 1 aliphatic rings. The van der Waals surface area contributed by atoms with Crippen molar-refractivity contribution in [2.24, 2.45) is 0 Å². The first-order valence-corrected chi connectivity index (χ1v) is 11.3. The fourth-order valence-corrected chi connectivity index (χ4v) is 4.49. The molecule has 0 aliphatic carbocycles. The number of sulfonamides is 1. The molecule has 1 fully saturated rings. The Bertz CT molecular complexity index is 1070. The number of anilines is 2. The Kier molecular flexibility index (Phi) is 5.49. The average molecular weight is 409 g/mol. The van der Waals surface area contributed by atoms with E-state index in [4.69, 9.17) is 0 Å². The molecule has 0 spiro atoms. The van der Waals surface area contributed by atoms with E-state index in [2.05, 4.69) is 19.8 Å². The Labute approximate surface area is 171 Å². The maximum Gasteiger partial charge on any atom is 0.261 e. The number of aryl methyl sites for hydroxylation is 1. The van der Waals surface area contributed by atoms with Gasteiger partial charge in [-0.05, 0) is 62.6 Å². The lowest BCUT2D eigenvalue weighted by atomic mass is 10.1. The first-order chi connectivity index (χ1) is 14.0. The molecular formula is C22H24N4O2S. The molecule has 7 heteroatoms. The summed E-state index contributed by atoms with van der Waals surface area (Å²) in [5.41, 5.74) is 3.02. The molecule has 0 unspecified atom stereocenters. The highest BCUT2D eigenvalue weighted by Crippen LogP contribution is 2.24. The van der Waals surface area contributed by atoms with Gasteiger partial charge in [-0.1, -0.05) is 29.8 Å². The summed E-state index contributed by atoms with van der Waals surface area (Å²) in [6.45, 7) is 3.96. The second-order valence-electron chi connectivity index (χ2n) is 7.32. The van der Waals surface area contributed by atoms with E-state index in [9.17, 15) is 8.42 Å². The Morgan fingerprint density at radius 3 is 2.34 bits per heavy atom. The molecule has 29 heavy (non-hydrogen) atoms. The largest absolute Gasteiger partial charge is 0.355 e. The first kappa shape index (κ1) is 19.4. The summed E-state index contributed by atoms with van der Waals surface area (Å²) in [7, 11) is -3.64. The predicted octanol–water partition coefficient (Wildman–Crippen LogP) is 4.24. The maximum absolute atomic E-state index is 12.6. The van der Waals surface area contributed by atoms with Crippen LogP contribution < -0.4 is 9.62 Å². The van der Waals surface area contributed by atoms with Crippen LogP contribution in [0, 0.1) is 6.92 Å². The van der Waals surface area contributed by atoms with Gasteiger partial charge < -0.3 is 4.90 Å². The number of piperidine rings is 1. The van der Waals surface area contributed by atoms with Crippen molar-refractivity contribution in [2.75, 3.05) is 22.7 Å². The highest BCUT2D eigenvalue weighted by molar-refractivity contribution is 7.92. The van der Waals surface area contributed by atoms with Crippen LogP contribution in [0.4, 0.5) is 11.5 Å². The smallest absolute Gasteiger partial charge is 0.261 e. The summed E-state index contributed by atoms with van der Waals surface area (Å²) in [5, 5.41) is 8.74. The number of hydrogen-bond donors (Lipinski definition) is 1. The molecule has 0 amide bonds. The lowest BCUT2D eigenvalue weighted by molar-refractivity contribution is 0.571. The number of aromatic nitrogens is 2. The van der Waals surface area contributed by atoms with Crippen LogP contribution in [0.25, 0.3) is 11.3 Å². The Hall–Kier alpha value is -2.93. The van der Waals surface area contributed by atoms with E-state index in [1.165, 1.54) is 19.3 Å². The van der Waals surface area contributed by atoms with Gasteiger partial charge >= 0.3 is 0 Å². The van der Waals surface area contributed by atoms with Crippen molar-refractivity contribution in [1.82, 2.24) is 10.2 Å². The summed E-state index contributed by atoms with van der Waals surface area (Å²) in [6.07, 6.45) is 3.65. The summed E-state index contributed by atoms with van der Waals surface area (Å²) in [4.78, 5) is 2.49. The molecule has 2 aromatic carbocycles. The third-order valence-electron chi connectivity index (χ3n) is 5.07. The van der Waals surface area contributed by atoms with E-state index in [1.807, 2.05) is 31.2 Å². The third kappa shape index (κ3) is 4.56. The molecule has 0 bridgehead atoms. The van der Waals surface area contributed by atoms with E-state index in [0.717, 1.165) is 30.0 Å². The standard InChI is InChI=1S/C22H24N4O2S/c1-17-8-10-20(11-9-17)29(27,28)25-19-7-5-6-18(16-19)21-12-13-22(24-23-21)26-14-3-2-4-15-26/h5-13,16,25H,2-4,14-15H2,1H3. The summed E-state index contributed by atoms with van der Waals surface area (Å²) < 4.78 is 27.9. The molecule has 4 rings (SSSR count). The number of benzene rings is 2. The third-order valence-corrected chi connectivity index (χ3v) is 6.47. The Morgan fingerprint density at radius 2 is 1.66 bits per heavy atom. The predicted molar refractivity (Wildman–Crippen MR) is 116 cm³/mol. The second-order valence-corrected chi connectivity index (χ2v) is 9.01. The lowest BCUT2D eigenvalue weighted by Crippen LogP contribution is -2.30. The molecule has 1 aromatic heterocycles. The van der Waals surface area contributed by atoms with E-state index in [0.29, 0.717) is 11.4 Å². The molecule has 1 N–H and O–H groups in total. The highest BCUT2D eigenvalue weighted by atomic mass is 32.2. The molecular weight excluding hydrogens is 384 g/mol. The van der Waals surface area contributed by atoms with Crippen LogP contribution in [-0.4, -0.2) is 31.7 Å². The van der Waals surface area contributed by atoms with Crippen LogP contribution in [0.5, 0.6) is 0 Å². The van der Waals surface area contributed by atoms with Crippen LogP contribution in [0.1, 0.15) is 24.8 Å². The van der Waals surface area contributed by atoms with Crippen molar-refractivity contribution < 1.29 is 8.42 Å². The van der Waals surface area contributed by atoms with Gasteiger partial charge in [-0.2, -0.15) is 0 Å². The van der Waals surface area contributed by atoms with Gasteiger partial charge in [0, 0.05) is 24.3 Å². The topological polar surface area (TPSA) is 75.2 Å². The van der Waals surface area contributed by atoms with Crippen molar-refractivity contribution in [2.45, 2.75) is 31.1 Å². The normalized spacial score (nSPS) is 14.6. The van der Waals surface area contributed by atoms with E-state index in [1.54, 1.807) is 36.4 Å². The molecule has 1 saturated heterocycles. The van der Waals surface area contributed by atoms with Gasteiger partial charge in [0.05, 0.1) is 10.6 Å². The maximum atomic E-state index is 12.6. The van der Waals surface area contributed by atoms with Crippen molar-refractivity contribution in [1.29, 1.82) is 0 Å². The fourth-order valence-electron chi connectivity index (χ4n) is 3.44. The SMILES string of the molecule is Cc1ccc(S(=O)(=O)Nc2cccc(-c3ccc(N4CCCCC4)nn3)c2)cc1. The molecule has 2 heterocycles. The summed E-state index contributed by atoms with van der Waals surface area (Å²) >= 11 is 0. The van der Waals surface area contributed by atoms with Gasteiger partial charge in [-0.15, -0.1) is 10.2 Å². The molecule has 6 nitrogen and oxygen atoms in total. The molecule has 0 radical (unpaired) electrons. The molecule has 3 aromatic rings. The Morgan fingerprint density at radius 1 is 0.897 bits per heavy atom. The van der Waals surface area contributed by atoms with Gasteiger partial charge in [0.15, 0.2) is 5.82 Å². The molecule has 0 atom stereocenters. The number of nitrogens with one attached hydrogen (secondary N) is 1. The van der Waals surface area contributed by atoms with Gasteiger partial charge in [-0.25, -0.2) is 8.42 Å². The summed E-state index contributed by atoms with van der Waals surface area (Å²) in [5.74, 6) is 0.893. The molecule has 150 valence electrons. The average Bonchev–Trinajstić information content (AvgIpc) is 2.75. The van der Waals surface area contributed by atoms with Crippen LogP contribution in [0.15, 0.2) is 65.6 Å². The second kappa shape index (κ2) is 8.21. The molecule has 1 aliphatic heterocycles. The van der Waals surface area contributed by atoms with Crippen molar-refractivity contribution >= 4 is 21.5 Å². The fraction of sp³-hybridized carbons (Fsp3) is 0.273. The van der Waals surface area contributed by atoms with Crippen molar-refractivity contribution in [3.05, 3.63) is 66.2 Å². The van der Waals surface area contributed by atoms with Crippen LogP contribution in [0.2, 0.25) is 0 Å². The lowest BCUT2D eigenvalue weighted by Gasteiger charge is -2.27. The van der Waals surface area contributed by atoms with Gasteiger partial charge in [0.2, 0.25) is 0 Å². The molecule has 0 saturated carbocycles. The zero-order chi connectivity index (χ0) is 20.3. The van der Waals surface area contributed by atoms with E-state index in [-0.39, 0.29) is 4.90 Å². The number of hydrogen-bond acceptors (Lipinski definition) is 5. The Balaban J connectivity index is 1.53. The quantitative estimate of drug-likeness (QED) is 0.683. The zero-order valence-corrected chi connectivity index (χ0v) is 17.2. The van der Waals surface area contributed by atoms with Crippen LogP contribution in [-0.2, 0) is 10.0 Å². The zero-order valence-electron chi connectivity index (χ0n) is 16.4. The first-order valence-electron chi connectivity index (χ1n) is 9.80. The monoisotopic (exact) mass is 408 g/mol. The summed E-state index contributed by atoms with van der Waals surface area (Å²) in [6, 6.07) is 17.9. The van der Waals surface area contributed by atoms with Gasteiger partial charge in [0.1, 0.15) is 0 Å². The minimum absolute atomic E-state index is 0.235. The van der Waals surface area contributed by atoms with Crippen LogP contribution in [0.3, 0.4) is 0 Å². The van der Waals surface area contributed by atoms with Crippen molar-refractivity contribution in [3.63, 3.8) is 0 Å². The van der Waals surface area contributed by atoms with Crippen LogP contribution >= 0.6 is 0 Å². The van der Waals surface area contributed by atoms with E-state index < -0.39 is 10.0 Å². The van der Waals surface area contributed by atoms with Gasteiger partial charge in [0.25, 0.3) is 10.0 Å². The minimum atomic E-state index is -3.64. The van der Waals surface area contributed by atoms with Crippen molar-refractivity contribution in [3.8, 4) is 11.3 Å².